The molecule has 0 saturated heterocycles. The molecule has 0 bridgehead atoms. The maximum Gasteiger partial charge on any atom is 0.246 e. The van der Waals surface area contributed by atoms with Gasteiger partial charge in [-0.25, -0.2) is 8.42 Å². The lowest BCUT2D eigenvalue weighted by atomic mass is 10.1. The van der Waals surface area contributed by atoms with Crippen molar-refractivity contribution in [2.75, 3.05) is 20.2 Å². The predicted octanol–water partition coefficient (Wildman–Crippen LogP) is 3.49. The van der Waals surface area contributed by atoms with Gasteiger partial charge in [-0.15, -0.1) is 11.6 Å². The molecule has 0 aliphatic rings. The average molecular weight is 334 g/mol. The Balaban J connectivity index is 3.22. The first-order valence-corrected chi connectivity index (χ1v) is 9.11. The van der Waals surface area contributed by atoms with Gasteiger partial charge in [-0.3, -0.25) is 0 Å². The summed E-state index contributed by atoms with van der Waals surface area (Å²) >= 11 is 5.78. The van der Waals surface area contributed by atoms with Crippen LogP contribution >= 0.6 is 11.6 Å². The third kappa shape index (κ3) is 4.34. The first-order chi connectivity index (χ1) is 9.90. The molecule has 4 nitrogen and oxygen atoms in total. The van der Waals surface area contributed by atoms with Crippen molar-refractivity contribution < 1.29 is 13.2 Å². The Hall–Kier alpha value is -0.780. The highest BCUT2D eigenvalue weighted by Crippen LogP contribution is 2.29. The van der Waals surface area contributed by atoms with Crippen molar-refractivity contribution in [3.8, 4) is 5.75 Å². The molecular weight excluding hydrogens is 310 g/mol. The number of halogens is 1. The fourth-order valence-corrected chi connectivity index (χ4v) is 3.89. The molecule has 1 aromatic rings. The Labute approximate surface area is 133 Å². The van der Waals surface area contributed by atoms with Gasteiger partial charge in [-0.2, -0.15) is 4.31 Å². The van der Waals surface area contributed by atoms with Gasteiger partial charge in [-0.1, -0.05) is 33.3 Å². The van der Waals surface area contributed by atoms with E-state index in [1.54, 1.807) is 18.2 Å². The van der Waals surface area contributed by atoms with E-state index in [0.29, 0.717) is 30.6 Å². The molecule has 0 heterocycles. The molecule has 0 spiro atoms. The van der Waals surface area contributed by atoms with E-state index in [1.165, 1.54) is 11.4 Å². The molecule has 21 heavy (non-hydrogen) atoms. The van der Waals surface area contributed by atoms with E-state index < -0.39 is 10.0 Å². The summed E-state index contributed by atoms with van der Waals surface area (Å²) in [5, 5.41) is 0. The minimum Gasteiger partial charge on any atom is -0.495 e. The zero-order valence-electron chi connectivity index (χ0n) is 13.1. The number of benzene rings is 1. The van der Waals surface area contributed by atoms with Crippen LogP contribution in [0.3, 0.4) is 0 Å². The fourth-order valence-electron chi connectivity index (χ4n) is 2.02. The highest BCUT2D eigenvalue weighted by Gasteiger charge is 2.27. The molecule has 0 aliphatic carbocycles. The maximum atomic E-state index is 12.8. The minimum absolute atomic E-state index is 0.198. The van der Waals surface area contributed by atoms with Crippen molar-refractivity contribution in [1.29, 1.82) is 0 Å². The molecule has 0 saturated carbocycles. The highest BCUT2D eigenvalue weighted by atomic mass is 35.5. The van der Waals surface area contributed by atoms with E-state index in [-0.39, 0.29) is 4.90 Å². The Kier molecular flexibility index (Phi) is 6.97. The van der Waals surface area contributed by atoms with Gasteiger partial charge in [0.25, 0.3) is 0 Å². The molecule has 1 rings (SSSR count). The van der Waals surface area contributed by atoms with Crippen LogP contribution in [0.4, 0.5) is 0 Å². The summed E-state index contributed by atoms with van der Waals surface area (Å²) in [6.07, 6.45) is 0.939. The average Bonchev–Trinajstić information content (AvgIpc) is 2.51. The second-order valence-corrected chi connectivity index (χ2v) is 7.26. The molecule has 1 unspecified atom stereocenters. The lowest BCUT2D eigenvalue weighted by Crippen LogP contribution is -2.34. The summed E-state index contributed by atoms with van der Waals surface area (Å²) in [7, 11) is -2.09. The molecule has 0 fully saturated rings. The van der Waals surface area contributed by atoms with Crippen LogP contribution in [-0.2, 0) is 15.9 Å². The molecule has 6 heteroatoms. The molecular formula is C15H24ClNO3S. The Morgan fingerprint density at radius 2 is 2.00 bits per heavy atom. The van der Waals surface area contributed by atoms with Crippen LogP contribution < -0.4 is 4.74 Å². The zero-order chi connectivity index (χ0) is 16.0. The Bertz CT molecular complexity index is 560. The first kappa shape index (κ1) is 18.3. The van der Waals surface area contributed by atoms with E-state index in [2.05, 4.69) is 6.92 Å². The summed E-state index contributed by atoms with van der Waals surface area (Å²) in [5.74, 6) is 0.977. The molecule has 1 atom stereocenters. The van der Waals surface area contributed by atoms with Crippen LogP contribution in [0.25, 0.3) is 0 Å². The summed E-state index contributed by atoms with van der Waals surface area (Å²) < 4.78 is 32.3. The number of sulfonamides is 1. The van der Waals surface area contributed by atoms with Crippen LogP contribution in [0, 0.1) is 5.92 Å². The highest BCUT2D eigenvalue weighted by molar-refractivity contribution is 7.89. The lowest BCUT2D eigenvalue weighted by Gasteiger charge is -2.24. The first-order valence-electron chi connectivity index (χ1n) is 7.13. The van der Waals surface area contributed by atoms with Gasteiger partial charge in [0.1, 0.15) is 10.6 Å². The number of hydrogen-bond donors (Lipinski definition) is 0. The fraction of sp³-hybridized carbons (Fsp3) is 0.600. The van der Waals surface area contributed by atoms with Gasteiger partial charge >= 0.3 is 0 Å². The molecule has 0 aromatic heterocycles. The van der Waals surface area contributed by atoms with Gasteiger partial charge in [0.2, 0.25) is 10.0 Å². The van der Waals surface area contributed by atoms with Crippen LogP contribution in [0.5, 0.6) is 5.75 Å². The second kappa shape index (κ2) is 8.01. The van der Waals surface area contributed by atoms with Crippen molar-refractivity contribution in [2.45, 2.75) is 38.0 Å². The molecule has 0 amide bonds. The number of nitrogens with zero attached hydrogens (tertiary/aromatic N) is 1. The molecule has 0 radical (unpaired) electrons. The smallest absolute Gasteiger partial charge is 0.246 e. The van der Waals surface area contributed by atoms with Crippen molar-refractivity contribution in [3.05, 3.63) is 23.8 Å². The van der Waals surface area contributed by atoms with Crippen LogP contribution in [0.15, 0.2) is 23.1 Å². The Morgan fingerprint density at radius 1 is 1.33 bits per heavy atom. The minimum atomic E-state index is -3.56. The van der Waals surface area contributed by atoms with Gasteiger partial charge in [0.15, 0.2) is 0 Å². The third-order valence-electron chi connectivity index (χ3n) is 3.57. The zero-order valence-corrected chi connectivity index (χ0v) is 14.7. The number of alkyl halides is 1. The van der Waals surface area contributed by atoms with E-state index >= 15 is 0 Å². The largest absolute Gasteiger partial charge is 0.495 e. The van der Waals surface area contributed by atoms with Gasteiger partial charge < -0.3 is 4.74 Å². The van der Waals surface area contributed by atoms with E-state index in [4.69, 9.17) is 16.3 Å². The quantitative estimate of drug-likeness (QED) is 0.684. The topological polar surface area (TPSA) is 46.6 Å². The lowest BCUT2D eigenvalue weighted by molar-refractivity contribution is 0.356. The van der Waals surface area contributed by atoms with E-state index in [9.17, 15) is 8.42 Å². The van der Waals surface area contributed by atoms with Crippen molar-refractivity contribution >= 4 is 21.6 Å². The van der Waals surface area contributed by atoms with Crippen LogP contribution in [0.1, 0.15) is 32.8 Å². The van der Waals surface area contributed by atoms with E-state index in [0.717, 1.165) is 12.0 Å². The molecule has 0 N–H and O–H groups in total. The SMILES string of the molecule is CCC(C)CN(CC)S(=O)(=O)c1ccc(CCl)cc1OC. The van der Waals surface area contributed by atoms with Gasteiger partial charge in [-0.05, 0) is 23.6 Å². The summed E-state index contributed by atoms with van der Waals surface area (Å²) in [4.78, 5) is 0.198. The van der Waals surface area contributed by atoms with Crippen LogP contribution in [0.2, 0.25) is 0 Å². The maximum absolute atomic E-state index is 12.8. The van der Waals surface area contributed by atoms with Crippen molar-refractivity contribution in [3.63, 3.8) is 0 Å². The number of hydrogen-bond acceptors (Lipinski definition) is 3. The van der Waals surface area contributed by atoms with E-state index in [1.807, 2.05) is 13.8 Å². The molecule has 0 aliphatic heterocycles. The summed E-state index contributed by atoms with van der Waals surface area (Å²) in [6, 6.07) is 4.97. The second-order valence-electron chi connectivity index (χ2n) is 5.09. The normalized spacial score (nSPS) is 13.4. The predicted molar refractivity (Wildman–Crippen MR) is 86.4 cm³/mol. The molecule has 1 aromatic carbocycles. The van der Waals surface area contributed by atoms with Crippen LogP contribution in [-0.4, -0.2) is 32.9 Å². The summed E-state index contributed by atoms with van der Waals surface area (Å²) in [6.45, 7) is 6.90. The standard InChI is InChI=1S/C15H24ClNO3S/c1-5-12(3)11-17(6-2)21(18,19)15-8-7-13(10-16)9-14(15)20-4/h7-9,12H,5-6,10-11H2,1-4H3. The van der Waals surface area contributed by atoms with Crippen molar-refractivity contribution in [2.24, 2.45) is 5.92 Å². The Morgan fingerprint density at radius 3 is 2.48 bits per heavy atom. The number of rotatable bonds is 8. The van der Waals surface area contributed by atoms with Gasteiger partial charge in [0, 0.05) is 19.0 Å². The van der Waals surface area contributed by atoms with Gasteiger partial charge in [0.05, 0.1) is 7.11 Å². The summed E-state index contributed by atoms with van der Waals surface area (Å²) in [5.41, 5.74) is 0.831. The number of methoxy groups -OCH3 is 1. The number of ether oxygens (including phenoxy) is 1. The monoisotopic (exact) mass is 333 g/mol. The third-order valence-corrected chi connectivity index (χ3v) is 5.85. The molecule has 120 valence electrons. The van der Waals surface area contributed by atoms with Crippen molar-refractivity contribution in [1.82, 2.24) is 4.31 Å².